The van der Waals surface area contributed by atoms with Crippen LogP contribution in [0.25, 0.3) is 35.4 Å². The van der Waals surface area contributed by atoms with Gasteiger partial charge in [0, 0.05) is 0 Å². The number of fused-ring (bicyclic) bond motifs is 3. The molecule has 0 fully saturated rings. The van der Waals surface area contributed by atoms with Crippen LogP contribution in [0.4, 0.5) is 0 Å². The molecule has 0 nitrogen and oxygen atoms in total. The lowest BCUT2D eigenvalue weighted by atomic mass is 9.94. The molecule has 0 spiro atoms. The topological polar surface area (TPSA) is 0 Å². The monoisotopic (exact) mass is 370 g/mol. The minimum atomic E-state index is 0.993. The van der Waals surface area contributed by atoms with Crippen LogP contribution in [-0.4, -0.2) is 0 Å². The largest absolute Gasteiger partial charge is 0.0622 e. The van der Waals surface area contributed by atoms with Crippen molar-refractivity contribution >= 4 is 24.3 Å². The molecule has 0 heterocycles. The average Bonchev–Trinajstić information content (AvgIpc) is 3.17. The summed E-state index contributed by atoms with van der Waals surface area (Å²) in [5.41, 5.74) is 10.6. The molecule has 0 saturated heterocycles. The van der Waals surface area contributed by atoms with E-state index in [1.54, 1.807) is 0 Å². The second-order valence-corrected chi connectivity index (χ2v) is 7.42. The quantitative estimate of drug-likeness (QED) is 0.286. The Hall–Kier alpha value is -3.64. The molecule has 0 unspecified atom stereocenters. The molecule has 0 atom stereocenters. The molecule has 29 heavy (non-hydrogen) atoms. The fourth-order valence-corrected chi connectivity index (χ4v) is 4.09. The standard InChI is InChI=1S/C29H22/c1-3-9-22(10-4-1)15-17-24-18-20-28-26-14-8-7-13-25(26)21-29(28)27(24)19-16-23-11-5-2-6-12-23/h1-20H,21H2/b17-15+,19-16+. The van der Waals surface area contributed by atoms with Gasteiger partial charge in [-0.2, -0.15) is 0 Å². The summed E-state index contributed by atoms with van der Waals surface area (Å²) in [6, 6.07) is 34.3. The molecule has 138 valence electrons. The first-order chi connectivity index (χ1) is 14.4. The molecule has 0 aromatic heterocycles. The van der Waals surface area contributed by atoms with Gasteiger partial charge in [-0.3, -0.25) is 0 Å². The third kappa shape index (κ3) is 3.58. The highest BCUT2D eigenvalue weighted by Gasteiger charge is 2.21. The van der Waals surface area contributed by atoms with Gasteiger partial charge in [-0.15, -0.1) is 0 Å². The summed E-state index contributed by atoms with van der Waals surface area (Å²) in [6.07, 6.45) is 9.93. The van der Waals surface area contributed by atoms with E-state index in [0.717, 1.165) is 6.42 Å². The third-order valence-electron chi connectivity index (χ3n) is 5.56. The highest BCUT2D eigenvalue weighted by Crippen LogP contribution is 2.40. The molecule has 1 aliphatic carbocycles. The van der Waals surface area contributed by atoms with Crippen LogP contribution in [0.15, 0.2) is 97.1 Å². The fourth-order valence-electron chi connectivity index (χ4n) is 4.09. The van der Waals surface area contributed by atoms with Crippen LogP contribution in [0.2, 0.25) is 0 Å². The van der Waals surface area contributed by atoms with Gasteiger partial charge in [-0.25, -0.2) is 0 Å². The zero-order valence-electron chi connectivity index (χ0n) is 16.3. The van der Waals surface area contributed by atoms with E-state index in [1.807, 2.05) is 0 Å². The van der Waals surface area contributed by atoms with Crippen molar-refractivity contribution in [1.82, 2.24) is 0 Å². The molecule has 5 rings (SSSR count). The third-order valence-corrected chi connectivity index (χ3v) is 5.56. The fraction of sp³-hybridized carbons (Fsp3) is 0.0345. The molecule has 0 N–H and O–H groups in total. The minimum absolute atomic E-state index is 0.993. The first-order valence-electron chi connectivity index (χ1n) is 10.1. The highest BCUT2D eigenvalue weighted by molar-refractivity contribution is 5.88. The first kappa shape index (κ1) is 17.5. The number of hydrogen-bond acceptors (Lipinski definition) is 0. The van der Waals surface area contributed by atoms with Crippen LogP contribution in [0.5, 0.6) is 0 Å². The van der Waals surface area contributed by atoms with E-state index in [9.17, 15) is 0 Å². The van der Waals surface area contributed by atoms with Crippen LogP contribution in [0.3, 0.4) is 0 Å². The number of hydrogen-bond donors (Lipinski definition) is 0. The van der Waals surface area contributed by atoms with Gasteiger partial charge < -0.3 is 0 Å². The summed E-state index contributed by atoms with van der Waals surface area (Å²) in [5.74, 6) is 0. The molecule has 1 aliphatic rings. The number of benzene rings is 4. The van der Waals surface area contributed by atoms with Gasteiger partial charge in [0.05, 0.1) is 0 Å². The van der Waals surface area contributed by atoms with Gasteiger partial charge in [0.15, 0.2) is 0 Å². The molecule has 4 aromatic carbocycles. The predicted molar refractivity (Wildman–Crippen MR) is 125 cm³/mol. The van der Waals surface area contributed by atoms with Crippen molar-refractivity contribution < 1.29 is 0 Å². The Labute approximate surface area is 172 Å². The Morgan fingerprint density at radius 1 is 0.483 bits per heavy atom. The molecule has 0 bridgehead atoms. The van der Waals surface area contributed by atoms with E-state index in [1.165, 1.54) is 44.5 Å². The van der Waals surface area contributed by atoms with Crippen molar-refractivity contribution in [2.45, 2.75) is 6.42 Å². The Kier molecular flexibility index (Phi) is 4.68. The minimum Gasteiger partial charge on any atom is -0.0622 e. The zero-order chi connectivity index (χ0) is 19.5. The van der Waals surface area contributed by atoms with Gasteiger partial charge in [0.25, 0.3) is 0 Å². The molecule has 0 aliphatic heterocycles. The van der Waals surface area contributed by atoms with Crippen molar-refractivity contribution in [2.24, 2.45) is 0 Å². The summed E-state index contributed by atoms with van der Waals surface area (Å²) >= 11 is 0. The van der Waals surface area contributed by atoms with E-state index >= 15 is 0 Å². The Morgan fingerprint density at radius 2 is 1.10 bits per heavy atom. The Bertz CT molecular complexity index is 1200. The van der Waals surface area contributed by atoms with Gasteiger partial charge in [-0.1, -0.05) is 121 Å². The zero-order valence-corrected chi connectivity index (χ0v) is 16.3. The van der Waals surface area contributed by atoms with Crippen LogP contribution >= 0.6 is 0 Å². The Morgan fingerprint density at radius 3 is 1.83 bits per heavy atom. The maximum atomic E-state index is 2.28. The van der Waals surface area contributed by atoms with E-state index in [-0.39, 0.29) is 0 Å². The lowest BCUT2D eigenvalue weighted by Crippen LogP contribution is -1.91. The molecule has 4 aromatic rings. The highest BCUT2D eigenvalue weighted by atomic mass is 14.2. The molecular formula is C29H22. The number of rotatable bonds is 4. The van der Waals surface area contributed by atoms with Crippen molar-refractivity contribution in [3.63, 3.8) is 0 Å². The maximum absolute atomic E-state index is 2.28. The van der Waals surface area contributed by atoms with Crippen molar-refractivity contribution in [3.8, 4) is 11.1 Å². The summed E-state index contributed by atoms with van der Waals surface area (Å²) in [6.45, 7) is 0. The molecule has 0 radical (unpaired) electrons. The van der Waals surface area contributed by atoms with Crippen molar-refractivity contribution in [3.05, 3.63) is 130 Å². The van der Waals surface area contributed by atoms with E-state index < -0.39 is 0 Å². The molecule has 0 saturated carbocycles. The molecular weight excluding hydrogens is 348 g/mol. The summed E-state index contributed by atoms with van der Waals surface area (Å²) in [4.78, 5) is 0. The van der Waals surface area contributed by atoms with Gasteiger partial charge in [0.1, 0.15) is 0 Å². The normalized spacial score (nSPS) is 12.4. The van der Waals surface area contributed by atoms with Gasteiger partial charge >= 0.3 is 0 Å². The smallest absolute Gasteiger partial charge is 0.000729 e. The lowest BCUT2D eigenvalue weighted by Gasteiger charge is -2.10. The van der Waals surface area contributed by atoms with Crippen LogP contribution in [0.1, 0.15) is 33.4 Å². The van der Waals surface area contributed by atoms with E-state index in [2.05, 4.69) is 121 Å². The summed E-state index contributed by atoms with van der Waals surface area (Å²) in [5, 5.41) is 0. The maximum Gasteiger partial charge on any atom is -0.000729 e. The van der Waals surface area contributed by atoms with Crippen molar-refractivity contribution in [2.75, 3.05) is 0 Å². The van der Waals surface area contributed by atoms with E-state index in [4.69, 9.17) is 0 Å². The van der Waals surface area contributed by atoms with Crippen LogP contribution < -0.4 is 0 Å². The first-order valence-corrected chi connectivity index (χ1v) is 10.1. The SMILES string of the molecule is C(=C\c1ccc2c(c1/C=C/c1ccccc1)Cc1ccccc1-2)/c1ccccc1. The van der Waals surface area contributed by atoms with Gasteiger partial charge in [0.2, 0.25) is 0 Å². The second-order valence-electron chi connectivity index (χ2n) is 7.42. The summed E-state index contributed by atoms with van der Waals surface area (Å²) in [7, 11) is 0. The Balaban J connectivity index is 1.60. The van der Waals surface area contributed by atoms with Crippen molar-refractivity contribution in [1.29, 1.82) is 0 Å². The summed E-state index contributed by atoms with van der Waals surface area (Å²) < 4.78 is 0. The average molecular weight is 370 g/mol. The molecule has 0 amide bonds. The van der Waals surface area contributed by atoms with Gasteiger partial charge in [-0.05, 0) is 50.9 Å². The predicted octanol–water partition coefficient (Wildman–Crippen LogP) is 7.60. The van der Waals surface area contributed by atoms with Crippen LogP contribution in [0, 0.1) is 0 Å². The second kappa shape index (κ2) is 7.77. The lowest BCUT2D eigenvalue weighted by molar-refractivity contribution is 1.25. The van der Waals surface area contributed by atoms with E-state index in [0.29, 0.717) is 0 Å². The van der Waals surface area contributed by atoms with Crippen LogP contribution in [-0.2, 0) is 6.42 Å². The molecule has 0 heteroatoms.